The van der Waals surface area contributed by atoms with Gasteiger partial charge >= 0.3 is 0 Å². The lowest BCUT2D eigenvalue weighted by molar-refractivity contribution is -0.384. The molecule has 1 saturated carbocycles. The van der Waals surface area contributed by atoms with Gasteiger partial charge in [0.25, 0.3) is 5.69 Å². The number of nitrogens with zero attached hydrogens (tertiary/aromatic N) is 1. The van der Waals surface area contributed by atoms with Gasteiger partial charge in [0.05, 0.1) is 16.7 Å². The minimum Gasteiger partial charge on any atom is -0.323 e. The van der Waals surface area contributed by atoms with Gasteiger partial charge in [-0.2, -0.15) is 0 Å². The van der Waals surface area contributed by atoms with Crippen molar-refractivity contribution in [2.75, 3.05) is 11.9 Å². The highest BCUT2D eigenvalue weighted by Crippen LogP contribution is 2.38. The van der Waals surface area contributed by atoms with E-state index in [0.29, 0.717) is 22.0 Å². The fraction of sp³-hybridized carbons (Fsp3) is 0.500. The fourth-order valence-corrected chi connectivity index (χ4v) is 3.75. The lowest BCUT2D eigenvalue weighted by Crippen LogP contribution is -2.39. The molecule has 1 aliphatic heterocycles. The molecule has 3 atom stereocenters. The highest BCUT2D eigenvalue weighted by Gasteiger charge is 2.42. The van der Waals surface area contributed by atoms with Crippen LogP contribution in [-0.2, 0) is 4.79 Å². The van der Waals surface area contributed by atoms with Crippen molar-refractivity contribution in [3.63, 3.8) is 0 Å². The zero-order valence-electron chi connectivity index (χ0n) is 11.3. The number of rotatable bonds is 3. The number of non-ortho nitro benzene ring substituents is 1. The van der Waals surface area contributed by atoms with Crippen LogP contribution in [0.25, 0.3) is 0 Å². The molecule has 0 radical (unpaired) electrons. The molecule has 0 bridgehead atoms. The van der Waals surface area contributed by atoms with Crippen molar-refractivity contribution in [2.24, 2.45) is 11.8 Å². The van der Waals surface area contributed by atoms with Gasteiger partial charge in [-0.1, -0.05) is 6.42 Å². The summed E-state index contributed by atoms with van der Waals surface area (Å²) in [4.78, 5) is 22.8. The minimum atomic E-state index is -0.469. The Morgan fingerprint density at radius 3 is 3.00 bits per heavy atom. The third kappa shape index (κ3) is 2.80. The lowest BCUT2D eigenvalue weighted by atomic mass is 9.93. The summed E-state index contributed by atoms with van der Waals surface area (Å²) in [6.07, 6.45) is 3.44. The number of nitro benzene ring substituents is 1. The number of nitrogens with one attached hydrogen (secondary N) is 2. The van der Waals surface area contributed by atoms with Crippen molar-refractivity contribution in [1.82, 2.24) is 5.32 Å². The largest absolute Gasteiger partial charge is 0.323 e. The number of nitro groups is 1. The summed E-state index contributed by atoms with van der Waals surface area (Å²) < 4.78 is 0.641. The first-order valence-electron chi connectivity index (χ1n) is 7.04. The number of fused-ring (bicyclic) bond motifs is 1. The molecule has 3 unspecified atom stereocenters. The first-order chi connectivity index (χ1) is 10.1. The number of hydrogen-bond donors (Lipinski definition) is 2. The molecule has 21 heavy (non-hydrogen) atoms. The third-order valence-corrected chi connectivity index (χ3v) is 5.14. The average Bonchev–Trinajstić information content (AvgIpc) is 3.03. The van der Waals surface area contributed by atoms with Gasteiger partial charge in [-0.15, -0.1) is 0 Å². The maximum atomic E-state index is 12.4. The van der Waals surface area contributed by atoms with Crippen molar-refractivity contribution >= 4 is 33.2 Å². The van der Waals surface area contributed by atoms with Crippen molar-refractivity contribution in [3.8, 4) is 0 Å². The number of halogens is 1. The molecule has 0 spiro atoms. The van der Waals surface area contributed by atoms with Crippen molar-refractivity contribution in [2.45, 2.75) is 25.3 Å². The molecule has 1 aromatic carbocycles. The maximum absolute atomic E-state index is 12.4. The van der Waals surface area contributed by atoms with Crippen LogP contribution in [0, 0.1) is 22.0 Å². The van der Waals surface area contributed by atoms with E-state index in [9.17, 15) is 14.9 Å². The molecule has 2 fully saturated rings. The van der Waals surface area contributed by atoms with Gasteiger partial charge in [0.15, 0.2) is 0 Å². The highest BCUT2D eigenvalue weighted by molar-refractivity contribution is 9.10. The second-order valence-electron chi connectivity index (χ2n) is 5.65. The Balaban J connectivity index is 1.75. The monoisotopic (exact) mass is 353 g/mol. The summed E-state index contributed by atoms with van der Waals surface area (Å²) in [5.74, 6) is 0.877. The van der Waals surface area contributed by atoms with Crippen LogP contribution in [0.4, 0.5) is 11.4 Å². The molecule has 0 aromatic heterocycles. The molecule has 2 aliphatic rings. The number of carbonyl (C=O) groups excluding carboxylic acids is 1. The van der Waals surface area contributed by atoms with E-state index < -0.39 is 4.92 Å². The molecule has 2 N–H and O–H groups in total. The normalized spacial score (nSPS) is 27.4. The second kappa shape index (κ2) is 5.73. The molecular weight excluding hydrogens is 338 g/mol. The van der Waals surface area contributed by atoms with Crippen LogP contribution in [0.3, 0.4) is 0 Å². The molecule has 1 aliphatic carbocycles. The van der Waals surface area contributed by atoms with Gasteiger partial charge in [0, 0.05) is 16.6 Å². The van der Waals surface area contributed by atoms with Crippen LogP contribution < -0.4 is 10.6 Å². The van der Waals surface area contributed by atoms with E-state index in [-0.39, 0.29) is 17.6 Å². The molecule has 1 amide bonds. The first kappa shape index (κ1) is 14.5. The molecule has 7 heteroatoms. The van der Waals surface area contributed by atoms with E-state index >= 15 is 0 Å². The van der Waals surface area contributed by atoms with Crippen LogP contribution in [0.15, 0.2) is 22.7 Å². The van der Waals surface area contributed by atoms with Crippen molar-refractivity contribution in [3.05, 3.63) is 32.8 Å². The summed E-state index contributed by atoms with van der Waals surface area (Å²) in [6, 6.07) is 4.17. The van der Waals surface area contributed by atoms with Crippen LogP contribution in [-0.4, -0.2) is 23.4 Å². The summed E-state index contributed by atoms with van der Waals surface area (Å²) in [7, 11) is 0. The molecule has 1 aromatic rings. The minimum absolute atomic E-state index is 0.0355. The molecule has 112 valence electrons. The molecule has 3 rings (SSSR count). The number of benzene rings is 1. The molecule has 1 saturated heterocycles. The first-order valence-corrected chi connectivity index (χ1v) is 7.84. The van der Waals surface area contributed by atoms with Gasteiger partial charge in [0.2, 0.25) is 5.91 Å². The summed E-state index contributed by atoms with van der Waals surface area (Å²) in [6.45, 7) is 0.888. The maximum Gasteiger partial charge on any atom is 0.271 e. The summed E-state index contributed by atoms with van der Waals surface area (Å²) >= 11 is 3.32. The van der Waals surface area contributed by atoms with Crippen molar-refractivity contribution in [1.29, 1.82) is 0 Å². The number of hydrogen-bond acceptors (Lipinski definition) is 4. The van der Waals surface area contributed by atoms with E-state index in [1.165, 1.54) is 25.0 Å². The zero-order chi connectivity index (χ0) is 15.0. The van der Waals surface area contributed by atoms with Crippen LogP contribution in [0.5, 0.6) is 0 Å². The Bertz CT molecular complexity index is 593. The fourth-order valence-electron chi connectivity index (χ4n) is 3.41. The standard InChI is InChI=1S/C14H16BrN3O3/c15-11-5-4-9(18(20)21)6-12(11)17-14(19)13-10-3-1-2-8(10)7-16-13/h4-6,8,10,13,16H,1-3,7H2,(H,17,19). The van der Waals surface area contributed by atoms with Gasteiger partial charge in [-0.05, 0) is 53.2 Å². The molecule has 6 nitrogen and oxygen atoms in total. The Morgan fingerprint density at radius 1 is 1.43 bits per heavy atom. The van der Waals surface area contributed by atoms with E-state index in [1.54, 1.807) is 6.07 Å². The predicted octanol–water partition coefficient (Wildman–Crippen LogP) is 2.68. The van der Waals surface area contributed by atoms with Crippen LogP contribution >= 0.6 is 15.9 Å². The zero-order valence-corrected chi connectivity index (χ0v) is 12.9. The number of anilines is 1. The topological polar surface area (TPSA) is 84.3 Å². The summed E-state index contributed by atoms with van der Waals surface area (Å²) in [5.41, 5.74) is 0.407. The molecular formula is C14H16BrN3O3. The SMILES string of the molecule is O=C(Nc1cc([N+](=O)[O-])ccc1Br)C1NCC2CCCC21. The number of carbonyl (C=O) groups is 1. The number of amides is 1. The smallest absolute Gasteiger partial charge is 0.271 e. The third-order valence-electron chi connectivity index (χ3n) is 4.45. The Labute approximate surface area is 130 Å². The van der Waals surface area contributed by atoms with E-state index in [0.717, 1.165) is 13.0 Å². The quantitative estimate of drug-likeness (QED) is 0.646. The van der Waals surface area contributed by atoms with Gasteiger partial charge in [-0.3, -0.25) is 14.9 Å². The lowest BCUT2D eigenvalue weighted by Gasteiger charge is -2.18. The van der Waals surface area contributed by atoms with Crippen LogP contribution in [0.1, 0.15) is 19.3 Å². The van der Waals surface area contributed by atoms with E-state index in [2.05, 4.69) is 26.6 Å². The van der Waals surface area contributed by atoms with Gasteiger partial charge in [-0.25, -0.2) is 0 Å². The highest BCUT2D eigenvalue weighted by atomic mass is 79.9. The predicted molar refractivity (Wildman–Crippen MR) is 82.0 cm³/mol. The Morgan fingerprint density at radius 2 is 2.24 bits per heavy atom. The summed E-state index contributed by atoms with van der Waals surface area (Å²) in [5, 5.41) is 16.9. The second-order valence-corrected chi connectivity index (χ2v) is 6.51. The van der Waals surface area contributed by atoms with E-state index in [1.807, 2.05) is 0 Å². The molecule has 1 heterocycles. The van der Waals surface area contributed by atoms with Gasteiger partial charge < -0.3 is 10.6 Å². The Hall–Kier alpha value is -1.47. The Kier molecular flexibility index (Phi) is 3.95. The van der Waals surface area contributed by atoms with Gasteiger partial charge in [0.1, 0.15) is 0 Å². The van der Waals surface area contributed by atoms with E-state index in [4.69, 9.17) is 0 Å². The average molecular weight is 354 g/mol. The van der Waals surface area contributed by atoms with Crippen molar-refractivity contribution < 1.29 is 9.72 Å². The van der Waals surface area contributed by atoms with Crippen LogP contribution in [0.2, 0.25) is 0 Å².